The fourth-order valence-corrected chi connectivity index (χ4v) is 4.26. The molecule has 2 aromatic carbocycles. The number of para-hydroxylation sites is 1. The minimum Gasteiger partial charge on any atom is -0.354 e. The van der Waals surface area contributed by atoms with Crippen molar-refractivity contribution >= 4 is 11.8 Å². The van der Waals surface area contributed by atoms with E-state index in [1.807, 2.05) is 78.7 Å². The van der Waals surface area contributed by atoms with Crippen LogP contribution in [0.15, 0.2) is 66.9 Å². The first-order valence-corrected chi connectivity index (χ1v) is 11.8. The van der Waals surface area contributed by atoms with E-state index in [0.29, 0.717) is 36.7 Å². The second-order valence-electron chi connectivity index (χ2n) is 8.85. The Kier molecular flexibility index (Phi) is 7.23. The van der Waals surface area contributed by atoms with Crippen LogP contribution in [-0.4, -0.2) is 45.6 Å². The third kappa shape index (κ3) is 5.51. The van der Waals surface area contributed by atoms with Crippen LogP contribution >= 0.6 is 0 Å². The third-order valence-corrected chi connectivity index (χ3v) is 6.41. The van der Waals surface area contributed by atoms with Crippen LogP contribution < -0.4 is 5.32 Å². The highest BCUT2D eigenvalue weighted by atomic mass is 16.2. The Labute approximate surface area is 195 Å². The number of likely N-dealkylation sites (tertiary alicyclic amines) is 1. The van der Waals surface area contributed by atoms with Crippen LogP contribution in [0.3, 0.4) is 0 Å². The van der Waals surface area contributed by atoms with Gasteiger partial charge >= 0.3 is 0 Å². The number of benzene rings is 2. The van der Waals surface area contributed by atoms with E-state index in [0.717, 1.165) is 30.5 Å². The average molecular weight is 445 g/mol. The van der Waals surface area contributed by atoms with Gasteiger partial charge < -0.3 is 10.2 Å². The molecule has 172 valence electrons. The van der Waals surface area contributed by atoms with Gasteiger partial charge in [-0.05, 0) is 44.2 Å². The molecule has 3 aromatic rings. The summed E-state index contributed by atoms with van der Waals surface area (Å²) in [4.78, 5) is 27.7. The number of hydrogen-bond acceptors (Lipinski definition) is 3. The number of hydrogen-bond donors (Lipinski definition) is 1. The lowest BCUT2D eigenvalue weighted by Gasteiger charge is -2.32. The van der Waals surface area contributed by atoms with Crippen LogP contribution in [0.1, 0.15) is 49.9 Å². The van der Waals surface area contributed by atoms with Gasteiger partial charge in [0.2, 0.25) is 5.91 Å². The molecule has 1 aliphatic rings. The lowest BCUT2D eigenvalue weighted by Crippen LogP contribution is -2.40. The van der Waals surface area contributed by atoms with Gasteiger partial charge in [-0.2, -0.15) is 5.10 Å². The molecule has 0 bridgehead atoms. The summed E-state index contributed by atoms with van der Waals surface area (Å²) in [5.74, 6) is 0.432. The van der Waals surface area contributed by atoms with Gasteiger partial charge in [0.1, 0.15) is 5.69 Å². The highest BCUT2D eigenvalue weighted by Crippen LogP contribution is 2.27. The van der Waals surface area contributed by atoms with Crippen LogP contribution in [0.25, 0.3) is 16.9 Å². The Morgan fingerprint density at radius 3 is 2.30 bits per heavy atom. The van der Waals surface area contributed by atoms with Gasteiger partial charge in [-0.1, -0.05) is 55.5 Å². The van der Waals surface area contributed by atoms with Gasteiger partial charge in [-0.25, -0.2) is 4.68 Å². The van der Waals surface area contributed by atoms with Crippen molar-refractivity contribution < 1.29 is 9.59 Å². The highest BCUT2D eigenvalue weighted by Gasteiger charge is 2.28. The number of carbonyl (C=O) groups is 2. The number of carbonyl (C=O) groups excluding carboxylic acids is 2. The first-order chi connectivity index (χ1) is 16.0. The van der Waals surface area contributed by atoms with E-state index in [9.17, 15) is 9.59 Å². The molecule has 0 spiro atoms. The van der Waals surface area contributed by atoms with Gasteiger partial charge in [0, 0.05) is 37.3 Å². The van der Waals surface area contributed by atoms with Gasteiger partial charge in [0.25, 0.3) is 5.91 Å². The summed E-state index contributed by atoms with van der Waals surface area (Å²) in [6.07, 6.45) is 4.98. The standard InChI is InChI=1S/C27H32N4O2/c1-3-20(2)28-25(32)18-21-14-16-30(17-15-21)27(33)24-19-31(23-12-8-5-9-13-23)29-26(24)22-10-6-4-7-11-22/h4-13,19-21H,3,14-18H2,1-2H3,(H,28,32)/t20-/m1/s1. The fourth-order valence-electron chi connectivity index (χ4n) is 4.26. The monoisotopic (exact) mass is 444 g/mol. The highest BCUT2D eigenvalue weighted by molar-refractivity contribution is 6.00. The number of piperidine rings is 1. The SMILES string of the molecule is CC[C@@H](C)NC(=O)CC1CCN(C(=O)c2cn(-c3ccccc3)nc2-c2ccccc2)CC1. The molecule has 2 amide bonds. The Bertz CT molecular complexity index is 1070. The summed E-state index contributed by atoms with van der Waals surface area (Å²) >= 11 is 0. The largest absolute Gasteiger partial charge is 0.354 e. The molecular formula is C27H32N4O2. The molecular weight excluding hydrogens is 412 g/mol. The number of rotatable bonds is 7. The number of nitrogens with one attached hydrogen (secondary N) is 1. The fraction of sp³-hybridized carbons (Fsp3) is 0.370. The summed E-state index contributed by atoms with van der Waals surface area (Å²) in [5.41, 5.74) is 3.14. The molecule has 0 aliphatic carbocycles. The summed E-state index contributed by atoms with van der Waals surface area (Å²) in [5, 5.41) is 7.82. The van der Waals surface area contributed by atoms with Crippen molar-refractivity contribution in [2.75, 3.05) is 13.1 Å². The molecule has 1 aliphatic heterocycles. The number of amides is 2. The molecule has 1 atom stereocenters. The molecule has 0 unspecified atom stereocenters. The van der Waals surface area contributed by atoms with Gasteiger partial charge in [0.05, 0.1) is 11.3 Å². The van der Waals surface area contributed by atoms with E-state index in [2.05, 4.69) is 12.2 Å². The van der Waals surface area contributed by atoms with E-state index in [4.69, 9.17) is 5.10 Å². The molecule has 33 heavy (non-hydrogen) atoms. The molecule has 1 saturated heterocycles. The summed E-state index contributed by atoms with van der Waals surface area (Å²) in [7, 11) is 0. The normalized spacial score (nSPS) is 15.3. The first-order valence-electron chi connectivity index (χ1n) is 11.8. The maximum Gasteiger partial charge on any atom is 0.257 e. The first kappa shape index (κ1) is 22.8. The van der Waals surface area contributed by atoms with Gasteiger partial charge in [0.15, 0.2) is 0 Å². The van der Waals surface area contributed by atoms with Crippen LogP contribution in [0.5, 0.6) is 0 Å². The predicted molar refractivity (Wildman–Crippen MR) is 130 cm³/mol. The summed E-state index contributed by atoms with van der Waals surface area (Å²) < 4.78 is 1.78. The minimum absolute atomic E-state index is 0.00135. The van der Waals surface area contributed by atoms with Crippen molar-refractivity contribution in [1.82, 2.24) is 20.0 Å². The Hall–Kier alpha value is -3.41. The predicted octanol–water partition coefficient (Wildman–Crippen LogP) is 4.70. The minimum atomic E-state index is -0.00135. The molecule has 6 heteroatoms. The van der Waals surface area contributed by atoms with Crippen molar-refractivity contribution in [3.05, 3.63) is 72.4 Å². The Morgan fingerprint density at radius 2 is 1.67 bits per heavy atom. The second-order valence-corrected chi connectivity index (χ2v) is 8.85. The van der Waals surface area contributed by atoms with Gasteiger partial charge in [-0.3, -0.25) is 9.59 Å². The lowest BCUT2D eigenvalue weighted by atomic mass is 9.92. The zero-order chi connectivity index (χ0) is 23.2. The third-order valence-electron chi connectivity index (χ3n) is 6.41. The molecule has 6 nitrogen and oxygen atoms in total. The molecule has 2 heterocycles. The smallest absolute Gasteiger partial charge is 0.257 e. The van der Waals surface area contributed by atoms with Crippen LogP contribution in [0, 0.1) is 5.92 Å². The maximum atomic E-state index is 13.5. The lowest BCUT2D eigenvalue weighted by molar-refractivity contribution is -0.122. The van der Waals surface area contributed by atoms with Crippen molar-refractivity contribution in [3.8, 4) is 16.9 Å². The van der Waals surface area contributed by atoms with Crippen LogP contribution in [-0.2, 0) is 4.79 Å². The summed E-state index contributed by atoms with van der Waals surface area (Å²) in [6.45, 7) is 5.41. The molecule has 0 saturated carbocycles. The van der Waals surface area contributed by atoms with E-state index >= 15 is 0 Å². The quantitative estimate of drug-likeness (QED) is 0.575. The second kappa shape index (κ2) is 10.5. The van der Waals surface area contributed by atoms with E-state index in [1.165, 1.54) is 0 Å². The Balaban J connectivity index is 1.49. The van der Waals surface area contributed by atoms with Crippen molar-refractivity contribution in [3.63, 3.8) is 0 Å². The zero-order valence-corrected chi connectivity index (χ0v) is 19.4. The maximum absolute atomic E-state index is 13.5. The van der Waals surface area contributed by atoms with Crippen molar-refractivity contribution in [1.29, 1.82) is 0 Å². The van der Waals surface area contributed by atoms with Crippen LogP contribution in [0.2, 0.25) is 0 Å². The number of aromatic nitrogens is 2. The molecule has 1 N–H and O–H groups in total. The topological polar surface area (TPSA) is 67.2 Å². The average Bonchev–Trinajstić information content (AvgIpc) is 3.30. The van der Waals surface area contributed by atoms with E-state index in [-0.39, 0.29) is 17.9 Å². The van der Waals surface area contributed by atoms with Crippen molar-refractivity contribution in [2.45, 2.75) is 45.6 Å². The van der Waals surface area contributed by atoms with Crippen LogP contribution in [0.4, 0.5) is 0 Å². The van der Waals surface area contributed by atoms with E-state index < -0.39 is 0 Å². The molecule has 4 rings (SSSR count). The molecule has 0 radical (unpaired) electrons. The molecule has 1 aromatic heterocycles. The van der Waals surface area contributed by atoms with E-state index in [1.54, 1.807) is 4.68 Å². The molecule has 1 fully saturated rings. The zero-order valence-electron chi connectivity index (χ0n) is 19.4. The summed E-state index contributed by atoms with van der Waals surface area (Å²) in [6, 6.07) is 19.9. The van der Waals surface area contributed by atoms with Crippen molar-refractivity contribution in [2.24, 2.45) is 5.92 Å². The van der Waals surface area contributed by atoms with Gasteiger partial charge in [-0.15, -0.1) is 0 Å². The number of nitrogens with zero attached hydrogens (tertiary/aromatic N) is 3. The Morgan fingerprint density at radius 1 is 1.03 bits per heavy atom.